The van der Waals surface area contributed by atoms with Crippen molar-refractivity contribution in [2.45, 2.75) is 89.8 Å². The molecular weight excluding hydrogens is 305 g/mol. The van der Waals surface area contributed by atoms with Gasteiger partial charge >= 0.3 is 12.1 Å². The number of hydrogen-bond acceptors (Lipinski definition) is 2. The zero-order valence-electron chi connectivity index (χ0n) is 14.0. The van der Waals surface area contributed by atoms with Gasteiger partial charge in [0.25, 0.3) is 0 Å². The Labute approximate surface area is 137 Å². The number of esters is 1. The summed E-state index contributed by atoms with van der Waals surface area (Å²) in [5, 5.41) is 0. The van der Waals surface area contributed by atoms with Crippen molar-refractivity contribution in [2.24, 2.45) is 17.8 Å². The molecule has 5 heteroatoms. The Kier molecular flexibility index (Phi) is 6.78. The minimum absolute atomic E-state index is 0.541. The molecule has 0 aromatic rings. The van der Waals surface area contributed by atoms with E-state index in [0.717, 1.165) is 24.7 Å². The van der Waals surface area contributed by atoms with Crippen molar-refractivity contribution in [1.29, 1.82) is 0 Å². The fraction of sp³-hybridized carbons (Fsp3) is 0.944. The Morgan fingerprint density at radius 2 is 1.30 bits per heavy atom. The highest BCUT2D eigenvalue weighted by molar-refractivity contribution is 5.75. The quantitative estimate of drug-likeness (QED) is 0.608. The molecule has 0 spiro atoms. The molecule has 2 aliphatic rings. The first-order valence-corrected chi connectivity index (χ1v) is 9.16. The number of carbonyl (C=O) groups is 1. The van der Waals surface area contributed by atoms with Gasteiger partial charge in [0.1, 0.15) is 6.10 Å². The maximum absolute atomic E-state index is 12.2. The number of hydrogen-bond donors (Lipinski definition) is 0. The molecule has 134 valence electrons. The summed E-state index contributed by atoms with van der Waals surface area (Å²) in [5.41, 5.74) is 0. The Balaban J connectivity index is 1.61. The number of alkyl halides is 3. The summed E-state index contributed by atoms with van der Waals surface area (Å²) in [4.78, 5) is 10.9. The number of halogens is 3. The average molecular weight is 334 g/mol. The van der Waals surface area contributed by atoms with E-state index in [-0.39, 0.29) is 0 Å². The van der Waals surface area contributed by atoms with Crippen molar-refractivity contribution in [3.63, 3.8) is 0 Å². The lowest BCUT2D eigenvalue weighted by molar-refractivity contribution is -0.206. The molecule has 0 aromatic heterocycles. The second-order valence-corrected chi connectivity index (χ2v) is 7.42. The summed E-state index contributed by atoms with van der Waals surface area (Å²) in [6.07, 6.45) is 6.68. The van der Waals surface area contributed by atoms with Crippen LogP contribution in [0, 0.1) is 17.8 Å². The van der Waals surface area contributed by atoms with Gasteiger partial charge in [0.05, 0.1) is 0 Å². The van der Waals surface area contributed by atoms with Crippen LogP contribution in [0.15, 0.2) is 0 Å². The van der Waals surface area contributed by atoms with Crippen LogP contribution in [0.4, 0.5) is 13.2 Å². The standard InChI is InChI=1S/C18H29F3O2/c1-2-13-3-5-14(6-4-13)7-8-15-9-11-16(12-10-15)23-17(22)18(19,20)21/h13-16H,2-12H2,1H3. The van der Waals surface area contributed by atoms with Crippen molar-refractivity contribution in [1.82, 2.24) is 0 Å². The zero-order chi connectivity index (χ0) is 16.9. The van der Waals surface area contributed by atoms with E-state index in [1.54, 1.807) is 0 Å². The van der Waals surface area contributed by atoms with E-state index in [1.165, 1.54) is 44.9 Å². The van der Waals surface area contributed by atoms with Gasteiger partial charge in [0.2, 0.25) is 0 Å². The van der Waals surface area contributed by atoms with E-state index in [9.17, 15) is 18.0 Å². The Morgan fingerprint density at radius 3 is 1.74 bits per heavy atom. The Hall–Kier alpha value is -0.740. The summed E-state index contributed by atoms with van der Waals surface area (Å²) in [6, 6.07) is 0. The summed E-state index contributed by atoms with van der Waals surface area (Å²) in [6.45, 7) is 2.27. The maximum Gasteiger partial charge on any atom is 0.490 e. The highest BCUT2D eigenvalue weighted by Gasteiger charge is 2.42. The molecule has 2 nitrogen and oxygen atoms in total. The van der Waals surface area contributed by atoms with Crippen LogP contribution >= 0.6 is 0 Å². The number of rotatable bonds is 5. The SMILES string of the molecule is CCC1CCC(CCC2CCC(OC(=O)C(F)(F)F)CC2)CC1. The molecule has 2 fully saturated rings. The maximum atomic E-state index is 12.2. The van der Waals surface area contributed by atoms with Gasteiger partial charge in [-0.05, 0) is 43.4 Å². The highest BCUT2D eigenvalue weighted by Crippen LogP contribution is 2.36. The first kappa shape index (κ1) is 18.6. The predicted octanol–water partition coefficient (Wildman–Crippen LogP) is 5.65. The molecule has 0 unspecified atom stereocenters. The molecule has 0 N–H and O–H groups in total. The lowest BCUT2D eigenvalue weighted by Gasteiger charge is -2.31. The molecule has 2 aliphatic carbocycles. The van der Waals surface area contributed by atoms with Gasteiger partial charge < -0.3 is 4.74 Å². The molecule has 0 radical (unpaired) electrons. The summed E-state index contributed by atoms with van der Waals surface area (Å²) in [7, 11) is 0. The predicted molar refractivity (Wildman–Crippen MR) is 82.9 cm³/mol. The molecule has 2 rings (SSSR count). The fourth-order valence-corrected chi connectivity index (χ4v) is 4.16. The Bertz CT molecular complexity index is 365. The smallest absolute Gasteiger partial charge is 0.456 e. The third-order valence-corrected chi connectivity index (χ3v) is 5.83. The largest absolute Gasteiger partial charge is 0.490 e. The minimum atomic E-state index is -4.87. The van der Waals surface area contributed by atoms with Crippen LogP contribution in [0.1, 0.15) is 77.6 Å². The number of ether oxygens (including phenoxy) is 1. The van der Waals surface area contributed by atoms with Gasteiger partial charge in [0.15, 0.2) is 0 Å². The fourth-order valence-electron chi connectivity index (χ4n) is 4.16. The van der Waals surface area contributed by atoms with Gasteiger partial charge in [0, 0.05) is 0 Å². The topological polar surface area (TPSA) is 26.3 Å². The third kappa shape index (κ3) is 6.00. The first-order valence-electron chi connectivity index (χ1n) is 9.16. The highest BCUT2D eigenvalue weighted by atomic mass is 19.4. The lowest BCUT2D eigenvalue weighted by Crippen LogP contribution is -2.32. The van der Waals surface area contributed by atoms with Gasteiger partial charge in [-0.3, -0.25) is 0 Å². The van der Waals surface area contributed by atoms with Gasteiger partial charge in [-0.15, -0.1) is 0 Å². The lowest BCUT2D eigenvalue weighted by atomic mass is 9.76. The summed E-state index contributed by atoms with van der Waals surface area (Å²) < 4.78 is 41.1. The first-order chi connectivity index (χ1) is 10.9. The van der Waals surface area contributed by atoms with E-state index in [0.29, 0.717) is 18.8 Å². The zero-order valence-corrected chi connectivity index (χ0v) is 14.0. The molecule has 0 bridgehead atoms. The van der Waals surface area contributed by atoms with Gasteiger partial charge in [-0.2, -0.15) is 13.2 Å². The molecule has 0 heterocycles. The molecule has 0 atom stereocenters. The molecule has 23 heavy (non-hydrogen) atoms. The van der Waals surface area contributed by atoms with Crippen LogP contribution in [0.25, 0.3) is 0 Å². The van der Waals surface area contributed by atoms with Crippen LogP contribution in [-0.2, 0) is 9.53 Å². The summed E-state index contributed by atoms with van der Waals surface area (Å²) in [5.74, 6) is 0.331. The molecule has 0 aromatic carbocycles. The normalized spacial score (nSPS) is 32.5. The van der Waals surface area contributed by atoms with E-state index < -0.39 is 18.2 Å². The molecule has 2 saturated carbocycles. The second kappa shape index (κ2) is 8.39. The van der Waals surface area contributed by atoms with Crippen molar-refractivity contribution in [2.75, 3.05) is 0 Å². The van der Waals surface area contributed by atoms with E-state index in [4.69, 9.17) is 0 Å². The Morgan fingerprint density at radius 1 is 0.870 bits per heavy atom. The molecule has 0 aliphatic heterocycles. The molecule has 0 amide bonds. The van der Waals surface area contributed by atoms with Crippen molar-refractivity contribution in [3.8, 4) is 0 Å². The van der Waals surface area contributed by atoms with E-state index in [1.807, 2.05) is 0 Å². The van der Waals surface area contributed by atoms with Gasteiger partial charge in [-0.25, -0.2) is 4.79 Å². The van der Waals surface area contributed by atoms with Crippen molar-refractivity contribution in [3.05, 3.63) is 0 Å². The van der Waals surface area contributed by atoms with Gasteiger partial charge in [-0.1, -0.05) is 51.9 Å². The van der Waals surface area contributed by atoms with Crippen LogP contribution < -0.4 is 0 Å². The van der Waals surface area contributed by atoms with Crippen LogP contribution in [0.3, 0.4) is 0 Å². The second-order valence-electron chi connectivity index (χ2n) is 7.42. The molecular formula is C18H29F3O2. The van der Waals surface area contributed by atoms with Crippen LogP contribution in [-0.4, -0.2) is 18.2 Å². The summed E-state index contributed by atoms with van der Waals surface area (Å²) >= 11 is 0. The third-order valence-electron chi connectivity index (χ3n) is 5.83. The molecule has 0 saturated heterocycles. The monoisotopic (exact) mass is 334 g/mol. The minimum Gasteiger partial charge on any atom is -0.456 e. The van der Waals surface area contributed by atoms with Crippen molar-refractivity contribution < 1.29 is 22.7 Å². The number of carbonyl (C=O) groups excluding carboxylic acids is 1. The average Bonchev–Trinajstić information content (AvgIpc) is 2.54. The van der Waals surface area contributed by atoms with E-state index >= 15 is 0 Å². The van der Waals surface area contributed by atoms with Crippen LogP contribution in [0.2, 0.25) is 0 Å². The van der Waals surface area contributed by atoms with Crippen LogP contribution in [0.5, 0.6) is 0 Å². The van der Waals surface area contributed by atoms with E-state index in [2.05, 4.69) is 11.7 Å². The van der Waals surface area contributed by atoms with Crippen molar-refractivity contribution >= 4 is 5.97 Å².